The highest BCUT2D eigenvalue weighted by atomic mass is 15.0. The Kier molecular flexibility index (Phi) is 3.61. The van der Waals surface area contributed by atoms with E-state index < -0.39 is 0 Å². The minimum Gasteiger partial charge on any atom is -0.347 e. The van der Waals surface area contributed by atoms with E-state index in [4.69, 9.17) is 0 Å². The Balaban J connectivity index is 1.85. The van der Waals surface area contributed by atoms with E-state index in [0.717, 1.165) is 23.6 Å². The number of imidazole rings is 1. The van der Waals surface area contributed by atoms with E-state index in [1.54, 1.807) is 0 Å². The molecule has 3 heteroatoms. The summed E-state index contributed by atoms with van der Waals surface area (Å²) < 4.78 is 0. The molecule has 3 rings (SSSR count). The molecule has 0 atom stereocenters. The second-order valence-corrected chi connectivity index (χ2v) is 4.71. The molecule has 1 aromatic heterocycles. The summed E-state index contributed by atoms with van der Waals surface area (Å²) in [6.45, 7) is 0.752. The average Bonchev–Trinajstić information content (AvgIpc) is 2.97. The van der Waals surface area contributed by atoms with Crippen molar-refractivity contribution in [2.75, 3.05) is 7.05 Å². The summed E-state index contributed by atoms with van der Waals surface area (Å²) in [6, 6.07) is 18.9. The standard InChI is InChI=1S/C17H17N3/c1-18-12-17-19-11-16(20-17)15-9-7-14(8-10-15)13-5-3-2-4-6-13/h2-11,18H,12H2,1H3,(H,19,20). The first-order valence-electron chi connectivity index (χ1n) is 6.71. The maximum absolute atomic E-state index is 4.55. The lowest BCUT2D eigenvalue weighted by Crippen LogP contribution is -2.06. The van der Waals surface area contributed by atoms with Crippen molar-refractivity contribution in [3.8, 4) is 22.4 Å². The lowest BCUT2D eigenvalue weighted by atomic mass is 10.0. The van der Waals surface area contributed by atoms with Gasteiger partial charge < -0.3 is 10.3 Å². The Labute approximate surface area is 118 Å². The number of benzene rings is 2. The van der Waals surface area contributed by atoms with Crippen LogP contribution in [0.1, 0.15) is 5.82 Å². The second-order valence-electron chi connectivity index (χ2n) is 4.71. The first-order valence-corrected chi connectivity index (χ1v) is 6.71. The van der Waals surface area contributed by atoms with Crippen molar-refractivity contribution in [1.29, 1.82) is 0 Å². The van der Waals surface area contributed by atoms with Gasteiger partial charge in [-0.25, -0.2) is 4.98 Å². The number of rotatable bonds is 4. The SMILES string of the molecule is CNCc1nc(-c2ccc(-c3ccccc3)cc2)c[nH]1. The van der Waals surface area contributed by atoms with Gasteiger partial charge in [-0.3, -0.25) is 0 Å². The Morgan fingerprint density at radius 1 is 0.900 bits per heavy atom. The van der Waals surface area contributed by atoms with E-state index in [1.807, 2.05) is 19.3 Å². The van der Waals surface area contributed by atoms with E-state index in [1.165, 1.54) is 11.1 Å². The van der Waals surface area contributed by atoms with Crippen LogP contribution in [0.5, 0.6) is 0 Å². The van der Waals surface area contributed by atoms with Gasteiger partial charge >= 0.3 is 0 Å². The van der Waals surface area contributed by atoms with Crippen molar-refractivity contribution in [2.45, 2.75) is 6.54 Å². The summed E-state index contributed by atoms with van der Waals surface area (Å²) in [5.41, 5.74) is 4.57. The van der Waals surface area contributed by atoms with Gasteiger partial charge in [0.15, 0.2) is 0 Å². The predicted molar refractivity (Wildman–Crippen MR) is 82.2 cm³/mol. The minimum atomic E-state index is 0.752. The maximum Gasteiger partial charge on any atom is 0.120 e. The van der Waals surface area contributed by atoms with E-state index in [9.17, 15) is 0 Å². The normalized spacial score (nSPS) is 10.7. The zero-order valence-corrected chi connectivity index (χ0v) is 11.4. The molecule has 0 aliphatic carbocycles. The third kappa shape index (κ3) is 2.63. The number of nitrogens with one attached hydrogen (secondary N) is 2. The Morgan fingerprint density at radius 2 is 1.55 bits per heavy atom. The summed E-state index contributed by atoms with van der Waals surface area (Å²) >= 11 is 0. The lowest BCUT2D eigenvalue weighted by molar-refractivity contribution is 0.772. The first-order chi connectivity index (χ1) is 9.86. The van der Waals surface area contributed by atoms with Gasteiger partial charge in [-0.1, -0.05) is 54.6 Å². The quantitative estimate of drug-likeness (QED) is 0.756. The first kappa shape index (κ1) is 12.6. The molecule has 0 radical (unpaired) electrons. The lowest BCUT2D eigenvalue weighted by Gasteiger charge is -2.02. The van der Waals surface area contributed by atoms with Gasteiger partial charge in [-0.15, -0.1) is 0 Å². The van der Waals surface area contributed by atoms with Crippen molar-refractivity contribution >= 4 is 0 Å². The third-order valence-electron chi connectivity index (χ3n) is 3.26. The van der Waals surface area contributed by atoms with E-state index in [0.29, 0.717) is 0 Å². The average molecular weight is 263 g/mol. The molecule has 0 aliphatic heterocycles. The molecule has 0 saturated heterocycles. The maximum atomic E-state index is 4.55. The molecule has 2 aromatic carbocycles. The topological polar surface area (TPSA) is 40.7 Å². The van der Waals surface area contributed by atoms with Crippen LogP contribution in [-0.4, -0.2) is 17.0 Å². The van der Waals surface area contributed by atoms with Crippen molar-refractivity contribution in [2.24, 2.45) is 0 Å². The number of nitrogens with zero attached hydrogens (tertiary/aromatic N) is 1. The van der Waals surface area contributed by atoms with Crippen molar-refractivity contribution in [3.63, 3.8) is 0 Å². The molecule has 0 aliphatic rings. The van der Waals surface area contributed by atoms with Gasteiger partial charge in [0, 0.05) is 11.8 Å². The molecule has 0 unspecified atom stereocenters. The third-order valence-corrected chi connectivity index (χ3v) is 3.26. The number of hydrogen-bond donors (Lipinski definition) is 2. The molecule has 0 saturated carbocycles. The fraction of sp³-hybridized carbons (Fsp3) is 0.118. The molecule has 0 fully saturated rings. The molecule has 0 amide bonds. The molecule has 100 valence electrons. The Hall–Kier alpha value is -2.39. The van der Waals surface area contributed by atoms with Gasteiger partial charge in [0.1, 0.15) is 5.82 Å². The zero-order chi connectivity index (χ0) is 13.8. The van der Waals surface area contributed by atoms with Crippen LogP contribution >= 0.6 is 0 Å². The molecule has 20 heavy (non-hydrogen) atoms. The van der Waals surface area contributed by atoms with Crippen LogP contribution in [0.2, 0.25) is 0 Å². The fourth-order valence-electron chi connectivity index (χ4n) is 2.23. The highest BCUT2D eigenvalue weighted by Gasteiger charge is 2.04. The van der Waals surface area contributed by atoms with Gasteiger partial charge in [0.05, 0.1) is 12.2 Å². The Morgan fingerprint density at radius 3 is 2.25 bits per heavy atom. The monoisotopic (exact) mass is 263 g/mol. The fourth-order valence-corrected chi connectivity index (χ4v) is 2.23. The molecule has 0 bridgehead atoms. The summed E-state index contributed by atoms with van der Waals surface area (Å²) in [4.78, 5) is 7.73. The van der Waals surface area contributed by atoms with Crippen LogP contribution in [0.25, 0.3) is 22.4 Å². The van der Waals surface area contributed by atoms with Gasteiger partial charge in [0.2, 0.25) is 0 Å². The molecule has 2 N–H and O–H groups in total. The highest BCUT2D eigenvalue weighted by Crippen LogP contribution is 2.23. The van der Waals surface area contributed by atoms with Crippen LogP contribution in [0.15, 0.2) is 60.8 Å². The van der Waals surface area contributed by atoms with Crippen molar-refractivity contribution in [3.05, 3.63) is 66.6 Å². The highest BCUT2D eigenvalue weighted by molar-refractivity contribution is 5.68. The van der Waals surface area contributed by atoms with Crippen LogP contribution in [0.4, 0.5) is 0 Å². The molecular formula is C17H17N3. The molecule has 1 heterocycles. The molecule has 3 aromatic rings. The number of H-pyrrole nitrogens is 1. The van der Waals surface area contributed by atoms with Crippen LogP contribution in [0.3, 0.4) is 0 Å². The summed E-state index contributed by atoms with van der Waals surface area (Å²) in [6.07, 6.45) is 1.95. The molecule has 0 spiro atoms. The van der Waals surface area contributed by atoms with E-state index >= 15 is 0 Å². The van der Waals surface area contributed by atoms with E-state index in [-0.39, 0.29) is 0 Å². The smallest absolute Gasteiger partial charge is 0.120 e. The predicted octanol–water partition coefficient (Wildman–Crippen LogP) is 3.46. The molecule has 3 nitrogen and oxygen atoms in total. The minimum absolute atomic E-state index is 0.752. The summed E-state index contributed by atoms with van der Waals surface area (Å²) in [5, 5.41) is 3.09. The van der Waals surface area contributed by atoms with Crippen LogP contribution in [-0.2, 0) is 6.54 Å². The van der Waals surface area contributed by atoms with Gasteiger partial charge in [-0.2, -0.15) is 0 Å². The van der Waals surface area contributed by atoms with Crippen LogP contribution in [0, 0.1) is 0 Å². The van der Waals surface area contributed by atoms with Gasteiger partial charge in [0.25, 0.3) is 0 Å². The number of hydrogen-bond acceptors (Lipinski definition) is 2. The summed E-state index contributed by atoms with van der Waals surface area (Å²) in [5.74, 6) is 0.953. The van der Waals surface area contributed by atoms with Crippen LogP contribution < -0.4 is 5.32 Å². The summed E-state index contributed by atoms with van der Waals surface area (Å²) in [7, 11) is 1.91. The number of aromatic nitrogens is 2. The van der Waals surface area contributed by atoms with Crippen molar-refractivity contribution in [1.82, 2.24) is 15.3 Å². The Bertz CT molecular complexity index is 669. The largest absolute Gasteiger partial charge is 0.347 e. The van der Waals surface area contributed by atoms with E-state index in [2.05, 4.69) is 63.8 Å². The van der Waals surface area contributed by atoms with Crippen molar-refractivity contribution < 1.29 is 0 Å². The van der Waals surface area contributed by atoms with Gasteiger partial charge in [-0.05, 0) is 18.2 Å². The number of aromatic amines is 1. The second kappa shape index (κ2) is 5.72. The molecular weight excluding hydrogens is 246 g/mol. The zero-order valence-electron chi connectivity index (χ0n) is 11.4.